The molecule has 0 spiro atoms. The van der Waals surface area contributed by atoms with E-state index in [1.807, 2.05) is 0 Å². The van der Waals surface area contributed by atoms with Crippen molar-refractivity contribution in [2.24, 2.45) is 0 Å². The van der Waals surface area contributed by atoms with E-state index in [1.165, 1.54) is 4.88 Å². The monoisotopic (exact) mass is 285 g/mol. The zero-order valence-electron chi connectivity index (χ0n) is 11.9. The molecule has 1 atom stereocenters. The molecule has 0 aliphatic carbocycles. The number of rotatable bonds is 6. The maximum absolute atomic E-state index is 5.58. The zero-order valence-corrected chi connectivity index (χ0v) is 12.8. The fourth-order valence-corrected chi connectivity index (χ4v) is 3.19. The summed E-state index contributed by atoms with van der Waals surface area (Å²) in [4.78, 5) is 8.32. The molecule has 1 fully saturated rings. The van der Waals surface area contributed by atoms with Crippen LogP contribution in [0.15, 0.2) is 0 Å². The number of anilines is 1. The van der Waals surface area contributed by atoms with Gasteiger partial charge in [0.25, 0.3) is 0 Å². The highest BCUT2D eigenvalue weighted by atomic mass is 32.1. The summed E-state index contributed by atoms with van der Waals surface area (Å²) in [5.41, 5.74) is 1.06. The van der Waals surface area contributed by atoms with Gasteiger partial charge in [-0.15, -0.1) is 11.3 Å². The van der Waals surface area contributed by atoms with E-state index in [9.17, 15) is 0 Å². The van der Waals surface area contributed by atoms with E-state index in [0.717, 1.165) is 43.6 Å². The first-order chi connectivity index (χ1) is 9.24. The molecule has 1 N–H and O–H groups in total. The van der Waals surface area contributed by atoms with Crippen molar-refractivity contribution in [2.75, 3.05) is 38.3 Å². The Bertz CT molecular complexity index is 397. The predicted molar refractivity (Wildman–Crippen MR) is 77.8 cm³/mol. The lowest BCUT2D eigenvalue weighted by molar-refractivity contribution is 0.0532. The van der Waals surface area contributed by atoms with Crippen LogP contribution in [0.4, 0.5) is 5.13 Å². The van der Waals surface area contributed by atoms with Crippen molar-refractivity contribution < 1.29 is 9.47 Å². The van der Waals surface area contributed by atoms with Crippen molar-refractivity contribution in [3.8, 4) is 0 Å². The van der Waals surface area contributed by atoms with Crippen molar-refractivity contribution in [2.45, 2.75) is 33.1 Å². The van der Waals surface area contributed by atoms with E-state index in [2.05, 4.69) is 24.1 Å². The molecule has 0 radical (unpaired) electrons. The smallest absolute Gasteiger partial charge is 0.186 e. The Balaban J connectivity index is 2.11. The van der Waals surface area contributed by atoms with Crippen molar-refractivity contribution in [1.82, 2.24) is 10.3 Å². The Morgan fingerprint density at radius 2 is 2.42 bits per heavy atom. The average Bonchev–Trinajstić information content (AvgIpc) is 2.80. The molecule has 0 amide bonds. The second-order valence-corrected chi connectivity index (χ2v) is 5.77. The Kier molecular flexibility index (Phi) is 5.57. The summed E-state index contributed by atoms with van der Waals surface area (Å²) in [6.45, 7) is 9.25. The minimum absolute atomic E-state index is 0.278. The first kappa shape index (κ1) is 14.7. The number of ether oxygens (including phenoxy) is 2. The molecule has 1 unspecified atom stereocenters. The van der Waals surface area contributed by atoms with Gasteiger partial charge in [-0.05, 0) is 13.5 Å². The van der Waals surface area contributed by atoms with Gasteiger partial charge in [0, 0.05) is 31.6 Å². The maximum Gasteiger partial charge on any atom is 0.186 e. The van der Waals surface area contributed by atoms with Gasteiger partial charge in [0.2, 0.25) is 0 Å². The van der Waals surface area contributed by atoms with Gasteiger partial charge in [0.05, 0.1) is 25.0 Å². The second-order valence-electron chi connectivity index (χ2n) is 4.71. The van der Waals surface area contributed by atoms with Crippen molar-refractivity contribution in [3.63, 3.8) is 0 Å². The molecule has 0 bridgehead atoms. The highest BCUT2D eigenvalue weighted by Crippen LogP contribution is 2.28. The van der Waals surface area contributed by atoms with Gasteiger partial charge in [-0.3, -0.25) is 0 Å². The third-order valence-electron chi connectivity index (χ3n) is 3.10. The van der Waals surface area contributed by atoms with Crippen molar-refractivity contribution >= 4 is 16.5 Å². The van der Waals surface area contributed by atoms with E-state index in [0.29, 0.717) is 6.61 Å². The molecule has 1 aliphatic heterocycles. The molecule has 1 aromatic rings. The van der Waals surface area contributed by atoms with E-state index in [-0.39, 0.29) is 6.10 Å². The van der Waals surface area contributed by atoms with Crippen LogP contribution >= 0.6 is 11.3 Å². The minimum atomic E-state index is 0.278. The number of nitrogens with zero attached hydrogens (tertiary/aromatic N) is 2. The molecule has 6 heteroatoms. The highest BCUT2D eigenvalue weighted by molar-refractivity contribution is 7.15. The van der Waals surface area contributed by atoms with Crippen LogP contribution in [-0.4, -0.2) is 44.4 Å². The van der Waals surface area contributed by atoms with Gasteiger partial charge in [-0.25, -0.2) is 4.98 Å². The maximum atomic E-state index is 5.58. The molecule has 19 heavy (non-hydrogen) atoms. The molecule has 1 saturated heterocycles. The lowest BCUT2D eigenvalue weighted by atomic mass is 10.3. The molecule has 2 heterocycles. The van der Waals surface area contributed by atoms with Crippen LogP contribution < -0.4 is 10.2 Å². The summed E-state index contributed by atoms with van der Waals surface area (Å²) in [5, 5.41) is 4.45. The number of hydrogen-bond acceptors (Lipinski definition) is 6. The lowest BCUT2D eigenvalue weighted by Crippen LogP contribution is -2.41. The van der Waals surface area contributed by atoms with E-state index in [1.54, 1.807) is 18.4 Å². The third-order valence-corrected chi connectivity index (χ3v) is 4.25. The van der Waals surface area contributed by atoms with Gasteiger partial charge >= 0.3 is 0 Å². The molecule has 1 aromatic heterocycles. The summed E-state index contributed by atoms with van der Waals surface area (Å²) < 4.78 is 10.8. The summed E-state index contributed by atoms with van der Waals surface area (Å²) in [7, 11) is 1.72. The van der Waals surface area contributed by atoms with Crippen LogP contribution in [0.1, 0.15) is 24.4 Å². The van der Waals surface area contributed by atoms with Gasteiger partial charge in [-0.2, -0.15) is 0 Å². The average molecular weight is 285 g/mol. The quantitative estimate of drug-likeness (QED) is 0.860. The molecule has 0 aromatic carbocycles. The van der Waals surface area contributed by atoms with E-state index < -0.39 is 0 Å². The first-order valence-electron chi connectivity index (χ1n) is 6.79. The fraction of sp³-hybridized carbons (Fsp3) is 0.769. The minimum Gasteiger partial charge on any atom is -0.378 e. The number of aromatic nitrogens is 1. The molecule has 108 valence electrons. The Labute approximate surface area is 118 Å². The molecule has 1 aliphatic rings. The topological polar surface area (TPSA) is 46.6 Å². The zero-order chi connectivity index (χ0) is 13.7. The van der Waals surface area contributed by atoms with Crippen LogP contribution in [0.25, 0.3) is 0 Å². The third kappa shape index (κ3) is 3.89. The SMILES string of the molecule is CCNCc1sc(N2CCOC(C)C2)nc1COC. The number of thiazole rings is 1. The molecular formula is C13H23N3O2S. The standard InChI is InChI=1S/C13H23N3O2S/c1-4-14-7-12-11(9-17-3)15-13(19-12)16-5-6-18-10(2)8-16/h10,14H,4-9H2,1-3H3. The number of hydrogen-bond donors (Lipinski definition) is 1. The van der Waals surface area contributed by atoms with Gasteiger partial charge in [-0.1, -0.05) is 6.92 Å². The van der Waals surface area contributed by atoms with E-state index >= 15 is 0 Å². The van der Waals surface area contributed by atoms with Crippen LogP contribution in [0.5, 0.6) is 0 Å². The van der Waals surface area contributed by atoms with Gasteiger partial charge in [0.15, 0.2) is 5.13 Å². The van der Waals surface area contributed by atoms with Crippen molar-refractivity contribution in [1.29, 1.82) is 0 Å². The Morgan fingerprint density at radius 1 is 1.58 bits per heavy atom. The number of nitrogens with one attached hydrogen (secondary N) is 1. The van der Waals surface area contributed by atoms with Gasteiger partial charge in [0.1, 0.15) is 0 Å². The molecule has 0 saturated carbocycles. The van der Waals surface area contributed by atoms with Crippen LogP contribution in [0, 0.1) is 0 Å². The fourth-order valence-electron chi connectivity index (χ4n) is 2.12. The van der Waals surface area contributed by atoms with Crippen molar-refractivity contribution in [3.05, 3.63) is 10.6 Å². The Morgan fingerprint density at radius 3 is 3.11 bits per heavy atom. The number of methoxy groups -OCH3 is 1. The molecule has 5 nitrogen and oxygen atoms in total. The molecule has 2 rings (SSSR count). The van der Waals surface area contributed by atoms with Crippen LogP contribution in [0.3, 0.4) is 0 Å². The predicted octanol–water partition coefficient (Wildman–Crippen LogP) is 1.62. The van der Waals surface area contributed by atoms with Crippen LogP contribution in [0.2, 0.25) is 0 Å². The van der Waals surface area contributed by atoms with E-state index in [4.69, 9.17) is 14.5 Å². The number of morpholine rings is 1. The Hall–Kier alpha value is -0.690. The van der Waals surface area contributed by atoms with Crippen LogP contribution in [-0.2, 0) is 22.6 Å². The summed E-state index contributed by atoms with van der Waals surface area (Å²) in [6.07, 6.45) is 0.278. The largest absolute Gasteiger partial charge is 0.378 e. The highest BCUT2D eigenvalue weighted by Gasteiger charge is 2.21. The lowest BCUT2D eigenvalue weighted by Gasteiger charge is -2.30. The summed E-state index contributed by atoms with van der Waals surface area (Å²) in [5.74, 6) is 0. The first-order valence-corrected chi connectivity index (χ1v) is 7.61. The summed E-state index contributed by atoms with van der Waals surface area (Å²) >= 11 is 1.76. The summed E-state index contributed by atoms with van der Waals surface area (Å²) in [6, 6.07) is 0. The van der Waals surface area contributed by atoms with Gasteiger partial charge < -0.3 is 19.7 Å². The normalized spacial score (nSPS) is 19.9. The molecular weight excluding hydrogens is 262 g/mol. The second kappa shape index (κ2) is 7.19.